The maximum absolute atomic E-state index is 5.87. The fraction of sp³-hybridized carbons (Fsp3) is 0.143. The molecule has 0 spiro atoms. The first-order valence-corrected chi connectivity index (χ1v) is 5.95. The molecule has 3 aromatic rings. The summed E-state index contributed by atoms with van der Waals surface area (Å²) in [5, 5.41) is 4.48. The van der Waals surface area contributed by atoms with Crippen molar-refractivity contribution in [3.8, 4) is 17.1 Å². The van der Waals surface area contributed by atoms with Gasteiger partial charge < -0.3 is 10.5 Å². The van der Waals surface area contributed by atoms with Crippen LogP contribution < -0.4 is 10.5 Å². The third-order valence-electron chi connectivity index (χ3n) is 3.13. The van der Waals surface area contributed by atoms with E-state index in [0.717, 1.165) is 22.7 Å². The fourth-order valence-electron chi connectivity index (χ4n) is 1.95. The van der Waals surface area contributed by atoms with Crippen LogP contribution >= 0.6 is 0 Å². The predicted octanol–water partition coefficient (Wildman–Crippen LogP) is 2.30. The molecule has 0 bridgehead atoms. The van der Waals surface area contributed by atoms with E-state index in [2.05, 4.69) is 10.1 Å². The van der Waals surface area contributed by atoms with E-state index in [0.29, 0.717) is 11.5 Å². The molecule has 2 heterocycles. The summed E-state index contributed by atoms with van der Waals surface area (Å²) in [6, 6.07) is 11.4. The Morgan fingerprint density at radius 3 is 2.53 bits per heavy atom. The molecule has 5 heteroatoms. The molecule has 0 radical (unpaired) electrons. The van der Waals surface area contributed by atoms with Gasteiger partial charge in [0.2, 0.25) is 0 Å². The van der Waals surface area contributed by atoms with Gasteiger partial charge in [0.25, 0.3) is 0 Å². The second kappa shape index (κ2) is 4.28. The summed E-state index contributed by atoms with van der Waals surface area (Å²) >= 11 is 0. The van der Waals surface area contributed by atoms with Gasteiger partial charge in [-0.2, -0.15) is 0 Å². The highest BCUT2D eigenvalue weighted by molar-refractivity contribution is 5.61. The number of ether oxygens (including phenoxy) is 1. The molecule has 0 atom stereocenters. The Hall–Kier alpha value is -2.56. The van der Waals surface area contributed by atoms with Crippen LogP contribution in [0.2, 0.25) is 0 Å². The van der Waals surface area contributed by atoms with E-state index in [1.807, 2.05) is 43.3 Å². The maximum Gasteiger partial charge on any atom is 0.182 e. The minimum absolute atomic E-state index is 0.677. The molecule has 2 N–H and O–H groups in total. The van der Waals surface area contributed by atoms with Crippen molar-refractivity contribution in [3.63, 3.8) is 0 Å². The maximum atomic E-state index is 5.87. The molecule has 5 nitrogen and oxygen atoms in total. The van der Waals surface area contributed by atoms with Crippen LogP contribution in [-0.4, -0.2) is 21.7 Å². The summed E-state index contributed by atoms with van der Waals surface area (Å²) in [5.41, 5.74) is 9.20. The topological polar surface area (TPSA) is 65.4 Å². The number of nitrogens with zero attached hydrogens (tertiary/aromatic N) is 3. The summed E-state index contributed by atoms with van der Waals surface area (Å²) in [4.78, 5) is 4.50. The lowest BCUT2D eigenvalue weighted by Crippen LogP contribution is -1.98. The molecular weight excluding hydrogens is 240 g/mol. The number of aromatic nitrogens is 3. The summed E-state index contributed by atoms with van der Waals surface area (Å²) in [5.74, 6) is 1.49. The Morgan fingerprint density at radius 1 is 1.11 bits per heavy atom. The molecule has 0 fully saturated rings. The highest BCUT2D eigenvalue weighted by Crippen LogP contribution is 2.21. The van der Waals surface area contributed by atoms with Gasteiger partial charge in [-0.25, -0.2) is 9.50 Å². The van der Waals surface area contributed by atoms with Gasteiger partial charge in [0.05, 0.1) is 18.5 Å². The zero-order valence-electron chi connectivity index (χ0n) is 10.8. The Bertz CT molecular complexity index is 731. The number of hydrogen-bond donors (Lipinski definition) is 1. The highest BCUT2D eigenvalue weighted by Gasteiger charge is 2.09. The van der Waals surface area contributed by atoms with Crippen LogP contribution in [0.5, 0.6) is 5.75 Å². The number of anilines is 1. The summed E-state index contributed by atoms with van der Waals surface area (Å²) in [6.45, 7) is 1.93. The molecule has 2 aromatic heterocycles. The molecule has 0 saturated heterocycles. The standard InChI is InChI=1S/C14H14N4O/c1-9-12(15)7-8-13-16-14(17-18(9)13)10-3-5-11(19-2)6-4-10/h3-8H,15H2,1-2H3. The van der Waals surface area contributed by atoms with Crippen molar-refractivity contribution >= 4 is 11.3 Å². The third kappa shape index (κ3) is 1.89. The van der Waals surface area contributed by atoms with Gasteiger partial charge in [0.15, 0.2) is 11.5 Å². The fourth-order valence-corrected chi connectivity index (χ4v) is 1.95. The number of benzene rings is 1. The number of methoxy groups -OCH3 is 1. The third-order valence-corrected chi connectivity index (χ3v) is 3.13. The average Bonchev–Trinajstić information content (AvgIpc) is 2.88. The second-order valence-corrected chi connectivity index (χ2v) is 4.31. The Balaban J connectivity index is 2.12. The van der Waals surface area contributed by atoms with Crippen molar-refractivity contribution in [3.05, 3.63) is 42.1 Å². The minimum Gasteiger partial charge on any atom is -0.497 e. The van der Waals surface area contributed by atoms with Crippen molar-refractivity contribution in [2.75, 3.05) is 12.8 Å². The number of rotatable bonds is 2. The molecular formula is C14H14N4O. The van der Waals surface area contributed by atoms with Crippen molar-refractivity contribution in [2.45, 2.75) is 6.92 Å². The van der Waals surface area contributed by atoms with Crippen molar-refractivity contribution in [1.82, 2.24) is 14.6 Å². The number of nitrogens with two attached hydrogens (primary N) is 1. The van der Waals surface area contributed by atoms with Crippen LogP contribution in [0.15, 0.2) is 36.4 Å². The van der Waals surface area contributed by atoms with Gasteiger partial charge in [-0.15, -0.1) is 5.10 Å². The summed E-state index contributed by atoms with van der Waals surface area (Å²) in [7, 11) is 1.64. The molecule has 0 aliphatic rings. The lowest BCUT2D eigenvalue weighted by Gasteiger charge is -2.00. The van der Waals surface area contributed by atoms with Crippen LogP contribution in [0.25, 0.3) is 17.0 Å². The number of nitrogen functional groups attached to an aromatic ring is 1. The first-order chi connectivity index (χ1) is 9.19. The second-order valence-electron chi connectivity index (χ2n) is 4.31. The zero-order valence-corrected chi connectivity index (χ0v) is 10.8. The SMILES string of the molecule is COc1ccc(-c2nc3ccc(N)c(C)n3n2)cc1. The van der Waals surface area contributed by atoms with Gasteiger partial charge in [-0.1, -0.05) is 0 Å². The molecule has 3 rings (SSSR count). The molecule has 0 amide bonds. The van der Waals surface area contributed by atoms with E-state index in [1.54, 1.807) is 11.6 Å². The van der Waals surface area contributed by atoms with E-state index >= 15 is 0 Å². The van der Waals surface area contributed by atoms with Crippen LogP contribution in [0.4, 0.5) is 5.69 Å². The van der Waals surface area contributed by atoms with E-state index in [1.165, 1.54) is 0 Å². The van der Waals surface area contributed by atoms with E-state index in [9.17, 15) is 0 Å². The first-order valence-electron chi connectivity index (χ1n) is 5.95. The average molecular weight is 254 g/mol. The predicted molar refractivity (Wildman–Crippen MR) is 74.1 cm³/mol. The molecule has 96 valence electrons. The number of aryl methyl sites for hydroxylation is 1. The van der Waals surface area contributed by atoms with Crippen LogP contribution in [0.1, 0.15) is 5.69 Å². The van der Waals surface area contributed by atoms with Gasteiger partial charge in [0, 0.05) is 5.56 Å². The summed E-state index contributed by atoms with van der Waals surface area (Å²) in [6.07, 6.45) is 0. The minimum atomic E-state index is 0.677. The lowest BCUT2D eigenvalue weighted by molar-refractivity contribution is 0.415. The van der Waals surface area contributed by atoms with Crippen molar-refractivity contribution in [1.29, 1.82) is 0 Å². The van der Waals surface area contributed by atoms with Crippen LogP contribution in [-0.2, 0) is 0 Å². The van der Waals surface area contributed by atoms with Gasteiger partial charge in [0.1, 0.15) is 5.75 Å². The normalized spacial score (nSPS) is 10.8. The Labute approximate surface area is 110 Å². The highest BCUT2D eigenvalue weighted by atomic mass is 16.5. The number of hydrogen-bond acceptors (Lipinski definition) is 4. The van der Waals surface area contributed by atoms with Crippen LogP contribution in [0, 0.1) is 6.92 Å². The van der Waals surface area contributed by atoms with E-state index < -0.39 is 0 Å². The molecule has 0 saturated carbocycles. The number of fused-ring (bicyclic) bond motifs is 1. The van der Waals surface area contributed by atoms with Gasteiger partial charge >= 0.3 is 0 Å². The Morgan fingerprint density at radius 2 is 1.84 bits per heavy atom. The zero-order chi connectivity index (χ0) is 13.4. The number of pyridine rings is 1. The lowest BCUT2D eigenvalue weighted by atomic mass is 10.2. The molecule has 0 aliphatic carbocycles. The monoisotopic (exact) mass is 254 g/mol. The van der Waals surface area contributed by atoms with Crippen LogP contribution in [0.3, 0.4) is 0 Å². The smallest absolute Gasteiger partial charge is 0.182 e. The quantitative estimate of drug-likeness (QED) is 0.762. The first kappa shape index (κ1) is 11.5. The molecule has 1 aromatic carbocycles. The summed E-state index contributed by atoms with van der Waals surface area (Å²) < 4.78 is 6.90. The van der Waals surface area contributed by atoms with Crippen molar-refractivity contribution < 1.29 is 4.74 Å². The largest absolute Gasteiger partial charge is 0.497 e. The molecule has 0 unspecified atom stereocenters. The van der Waals surface area contributed by atoms with E-state index in [-0.39, 0.29) is 0 Å². The molecule has 19 heavy (non-hydrogen) atoms. The Kier molecular flexibility index (Phi) is 2.59. The van der Waals surface area contributed by atoms with E-state index in [4.69, 9.17) is 10.5 Å². The molecule has 0 aliphatic heterocycles. The van der Waals surface area contributed by atoms with Gasteiger partial charge in [-0.05, 0) is 43.3 Å². The van der Waals surface area contributed by atoms with Gasteiger partial charge in [-0.3, -0.25) is 0 Å². The van der Waals surface area contributed by atoms with Crippen molar-refractivity contribution in [2.24, 2.45) is 0 Å².